The van der Waals surface area contributed by atoms with Crippen LogP contribution in [0.3, 0.4) is 0 Å². The van der Waals surface area contributed by atoms with E-state index in [1.807, 2.05) is 44.0 Å². The van der Waals surface area contributed by atoms with Crippen molar-refractivity contribution in [1.82, 2.24) is 10.3 Å². The van der Waals surface area contributed by atoms with Crippen LogP contribution in [-0.4, -0.2) is 47.6 Å². The van der Waals surface area contributed by atoms with E-state index in [0.717, 1.165) is 22.3 Å². The van der Waals surface area contributed by atoms with Gasteiger partial charge >= 0.3 is 0 Å². The molecule has 9 N–H and O–H groups in total. The maximum atomic E-state index is 12.4. The lowest BCUT2D eigenvalue weighted by molar-refractivity contribution is -0.118. The number of nitrogens with zero attached hydrogens (tertiary/aromatic N) is 1. The number of rotatable bonds is 8. The fourth-order valence-electron chi connectivity index (χ4n) is 3.38. The van der Waals surface area contributed by atoms with Gasteiger partial charge < -0.3 is 37.5 Å². The SMILES string of the molecule is C=O.CN.Cc1ccc(Cc2cnc(/C(O)=C(\N)C(=O)NC(C)CO)c(Cc3ccc(N)cc3)c2)cc1. The van der Waals surface area contributed by atoms with Gasteiger partial charge in [0.1, 0.15) is 18.2 Å². The van der Waals surface area contributed by atoms with Crippen LogP contribution in [0, 0.1) is 6.92 Å². The number of hydrogen-bond acceptors (Lipinski definition) is 8. The number of aliphatic hydroxyl groups excluding tert-OH is 2. The zero-order valence-electron chi connectivity index (χ0n) is 21.6. The van der Waals surface area contributed by atoms with Gasteiger partial charge in [0.05, 0.1) is 6.61 Å². The summed E-state index contributed by atoms with van der Waals surface area (Å²) >= 11 is 0. The van der Waals surface area contributed by atoms with E-state index in [2.05, 4.69) is 40.3 Å². The van der Waals surface area contributed by atoms with Crippen molar-refractivity contribution >= 4 is 24.1 Å². The van der Waals surface area contributed by atoms with Gasteiger partial charge in [-0.15, -0.1) is 0 Å². The van der Waals surface area contributed by atoms with Gasteiger partial charge in [0, 0.05) is 17.9 Å². The molecule has 37 heavy (non-hydrogen) atoms. The Labute approximate surface area is 218 Å². The number of nitrogen functional groups attached to an aromatic ring is 1. The molecule has 0 aliphatic rings. The molecule has 0 aliphatic carbocycles. The summed E-state index contributed by atoms with van der Waals surface area (Å²) in [6, 6.07) is 17.2. The number of aromatic nitrogens is 1. The van der Waals surface area contributed by atoms with Crippen LogP contribution in [-0.2, 0) is 22.4 Å². The fourth-order valence-corrected chi connectivity index (χ4v) is 3.38. The first kappa shape index (κ1) is 30.8. The Morgan fingerprint density at radius 2 is 1.54 bits per heavy atom. The number of nitrogens with two attached hydrogens (primary N) is 3. The Morgan fingerprint density at radius 1 is 1.00 bits per heavy atom. The van der Waals surface area contributed by atoms with Gasteiger partial charge in [0.25, 0.3) is 5.91 Å². The fraction of sp³-hybridized carbons (Fsp3) is 0.250. The summed E-state index contributed by atoms with van der Waals surface area (Å²) in [5.41, 5.74) is 21.8. The number of carbonyl (C=O) groups is 2. The maximum absolute atomic E-state index is 12.4. The van der Waals surface area contributed by atoms with Crippen LogP contribution in [0.5, 0.6) is 0 Å². The third-order valence-electron chi connectivity index (χ3n) is 5.30. The lowest BCUT2D eigenvalue weighted by atomic mass is 9.97. The van der Waals surface area contributed by atoms with Crippen molar-refractivity contribution in [3.8, 4) is 0 Å². The lowest BCUT2D eigenvalue weighted by Crippen LogP contribution is -2.38. The van der Waals surface area contributed by atoms with Crippen molar-refractivity contribution < 1.29 is 19.8 Å². The summed E-state index contributed by atoms with van der Waals surface area (Å²) in [5.74, 6) is -1.07. The van der Waals surface area contributed by atoms with Crippen LogP contribution in [0.1, 0.15) is 40.4 Å². The summed E-state index contributed by atoms with van der Waals surface area (Å²) < 4.78 is 0. The van der Waals surface area contributed by atoms with Gasteiger partial charge in [0.15, 0.2) is 5.76 Å². The third kappa shape index (κ3) is 9.40. The second kappa shape index (κ2) is 15.7. The van der Waals surface area contributed by atoms with Crippen molar-refractivity contribution in [3.63, 3.8) is 0 Å². The molecule has 1 atom stereocenters. The van der Waals surface area contributed by atoms with Crippen LogP contribution in [0.25, 0.3) is 5.76 Å². The Balaban J connectivity index is 0.00000163. The van der Waals surface area contributed by atoms with E-state index in [9.17, 15) is 9.90 Å². The summed E-state index contributed by atoms with van der Waals surface area (Å²) in [6.45, 7) is 5.43. The van der Waals surface area contributed by atoms with Crippen LogP contribution >= 0.6 is 0 Å². The van der Waals surface area contributed by atoms with Crippen LogP contribution in [0.2, 0.25) is 0 Å². The highest BCUT2D eigenvalue weighted by atomic mass is 16.3. The second-order valence-corrected chi connectivity index (χ2v) is 8.25. The highest BCUT2D eigenvalue weighted by molar-refractivity contribution is 5.98. The summed E-state index contributed by atoms with van der Waals surface area (Å²) in [6.07, 6.45) is 2.83. The van der Waals surface area contributed by atoms with E-state index in [1.165, 1.54) is 12.6 Å². The van der Waals surface area contributed by atoms with Crippen LogP contribution in [0.4, 0.5) is 5.69 Å². The van der Waals surface area contributed by atoms with E-state index >= 15 is 0 Å². The lowest BCUT2D eigenvalue weighted by Gasteiger charge is -2.15. The first-order chi connectivity index (χ1) is 17.8. The van der Waals surface area contributed by atoms with E-state index in [1.54, 1.807) is 13.1 Å². The number of pyridine rings is 1. The summed E-state index contributed by atoms with van der Waals surface area (Å²) in [5, 5.41) is 22.5. The monoisotopic (exact) mass is 507 g/mol. The molecule has 1 amide bonds. The van der Waals surface area contributed by atoms with Crippen molar-refractivity contribution in [3.05, 3.63) is 100 Å². The predicted molar refractivity (Wildman–Crippen MR) is 148 cm³/mol. The zero-order valence-corrected chi connectivity index (χ0v) is 21.6. The second-order valence-electron chi connectivity index (χ2n) is 8.25. The number of aryl methyl sites for hydroxylation is 1. The molecule has 1 heterocycles. The molecule has 0 saturated carbocycles. The van der Waals surface area contributed by atoms with Gasteiger partial charge in [-0.05, 0) is 68.1 Å². The first-order valence-corrected chi connectivity index (χ1v) is 11.6. The highest BCUT2D eigenvalue weighted by Gasteiger charge is 2.19. The van der Waals surface area contributed by atoms with Gasteiger partial charge in [-0.3, -0.25) is 9.78 Å². The van der Waals surface area contributed by atoms with E-state index in [-0.39, 0.29) is 18.0 Å². The smallest absolute Gasteiger partial charge is 0.271 e. The molecule has 1 unspecified atom stereocenters. The van der Waals surface area contributed by atoms with Gasteiger partial charge in [-0.2, -0.15) is 0 Å². The van der Waals surface area contributed by atoms with Crippen molar-refractivity contribution in [2.45, 2.75) is 32.7 Å². The number of benzene rings is 2. The third-order valence-corrected chi connectivity index (χ3v) is 5.30. The number of anilines is 1. The standard InChI is InChI=1S/C26H30N4O3.CH5N.CH2O/c1-16-3-5-18(6-4-16)11-20-13-21(12-19-7-9-22(27)10-8-19)24(29-14-20)25(32)23(28)26(33)30-17(2)15-31;2*1-2/h3-10,13-14,17,31-32H,11-12,15,27-28H2,1-2H3,(H,30,33);2H2,1H3;1H2/b25-23+;;. The van der Waals surface area contributed by atoms with Crippen molar-refractivity contribution in [1.29, 1.82) is 0 Å². The molecule has 3 aromatic rings. The van der Waals surface area contributed by atoms with Crippen molar-refractivity contribution in [2.24, 2.45) is 11.5 Å². The normalized spacial score (nSPS) is 11.6. The molecule has 3 rings (SSSR count). The van der Waals surface area contributed by atoms with E-state index in [4.69, 9.17) is 21.4 Å². The molecule has 9 nitrogen and oxygen atoms in total. The highest BCUT2D eigenvalue weighted by Crippen LogP contribution is 2.23. The molecule has 0 bridgehead atoms. The average molecular weight is 508 g/mol. The number of carbonyl (C=O) groups excluding carboxylic acids is 2. The van der Waals surface area contributed by atoms with Crippen molar-refractivity contribution in [2.75, 3.05) is 19.4 Å². The molecule has 1 aromatic heterocycles. The molecule has 0 fully saturated rings. The van der Waals surface area contributed by atoms with Gasteiger partial charge in [0.2, 0.25) is 0 Å². The Morgan fingerprint density at radius 3 is 2.11 bits per heavy atom. The minimum atomic E-state index is -0.669. The number of nitrogens with one attached hydrogen (secondary N) is 1. The molecule has 0 aliphatic heterocycles. The number of aliphatic hydroxyl groups is 2. The minimum Gasteiger partial charge on any atom is -0.504 e. The molecule has 2 aromatic carbocycles. The van der Waals surface area contributed by atoms with Crippen LogP contribution < -0.4 is 22.5 Å². The molecule has 198 valence electrons. The maximum Gasteiger partial charge on any atom is 0.271 e. The number of hydrogen-bond donors (Lipinski definition) is 6. The molecule has 0 saturated heterocycles. The largest absolute Gasteiger partial charge is 0.504 e. The summed E-state index contributed by atoms with van der Waals surface area (Å²) in [4.78, 5) is 24.8. The molecule has 0 radical (unpaired) electrons. The van der Waals surface area contributed by atoms with E-state index < -0.39 is 17.7 Å². The summed E-state index contributed by atoms with van der Waals surface area (Å²) in [7, 11) is 1.50. The molecule has 0 spiro atoms. The van der Waals surface area contributed by atoms with Crippen LogP contribution in [0.15, 0.2) is 66.5 Å². The Bertz CT molecular complexity index is 1160. The quantitative estimate of drug-likeness (QED) is 0.153. The topological polar surface area (TPSA) is 178 Å². The Kier molecular flexibility index (Phi) is 13.1. The molecule has 9 heteroatoms. The van der Waals surface area contributed by atoms with E-state index in [0.29, 0.717) is 18.5 Å². The minimum absolute atomic E-state index is 0.240. The molecular weight excluding hydrogens is 470 g/mol. The number of amides is 1. The van der Waals surface area contributed by atoms with Gasteiger partial charge in [-0.25, -0.2) is 0 Å². The predicted octanol–water partition coefficient (Wildman–Crippen LogP) is 2.23. The first-order valence-electron chi connectivity index (χ1n) is 11.6. The Hall–Kier alpha value is -4.21. The molecular formula is C28H37N5O4. The van der Waals surface area contributed by atoms with Gasteiger partial charge in [-0.1, -0.05) is 48.0 Å². The average Bonchev–Trinajstić information content (AvgIpc) is 2.92. The zero-order chi connectivity index (χ0) is 28.0.